The molecule has 0 saturated carbocycles. The van der Waals surface area contributed by atoms with Crippen molar-refractivity contribution in [2.24, 2.45) is 5.92 Å². The number of methoxy groups -OCH3 is 2. The normalized spacial score (nSPS) is 37.1. The Balaban J connectivity index is 2.35. The fourth-order valence-electron chi connectivity index (χ4n) is 2.03. The topological polar surface area (TPSA) is 27.7 Å². The number of allylic oxidation sites excluding steroid dienone is 2. The van der Waals surface area contributed by atoms with Gasteiger partial charge in [-0.3, -0.25) is 0 Å². The van der Waals surface area contributed by atoms with Crippen molar-refractivity contribution in [1.29, 1.82) is 0 Å². The van der Waals surface area contributed by atoms with Gasteiger partial charge < -0.3 is 14.2 Å². The molecule has 2 atom stereocenters. The molecule has 0 N–H and O–H groups in total. The highest BCUT2D eigenvalue weighted by Gasteiger charge is 2.49. The van der Waals surface area contributed by atoms with E-state index in [0.29, 0.717) is 0 Å². The zero-order valence-electron chi connectivity index (χ0n) is 7.95. The minimum absolute atomic E-state index is 0.289. The van der Waals surface area contributed by atoms with Gasteiger partial charge in [0.2, 0.25) is 5.79 Å². The molecule has 1 fully saturated rings. The molecule has 0 aromatic carbocycles. The Morgan fingerprint density at radius 2 is 2.38 bits per heavy atom. The maximum atomic E-state index is 5.63. The highest BCUT2D eigenvalue weighted by molar-refractivity contribution is 5.25. The summed E-state index contributed by atoms with van der Waals surface area (Å²) in [5.41, 5.74) is 0. The van der Waals surface area contributed by atoms with E-state index in [2.05, 4.69) is 6.08 Å². The highest BCUT2D eigenvalue weighted by Crippen LogP contribution is 2.42. The van der Waals surface area contributed by atoms with Crippen molar-refractivity contribution >= 4 is 0 Å². The summed E-state index contributed by atoms with van der Waals surface area (Å²) >= 11 is 0. The van der Waals surface area contributed by atoms with Crippen LogP contribution in [0.1, 0.15) is 6.42 Å². The van der Waals surface area contributed by atoms with Crippen molar-refractivity contribution in [2.75, 3.05) is 20.8 Å². The number of ether oxygens (including phenoxy) is 3. The van der Waals surface area contributed by atoms with Crippen LogP contribution in [-0.4, -0.2) is 26.6 Å². The monoisotopic (exact) mass is 182 g/mol. The first-order chi connectivity index (χ1) is 6.33. The van der Waals surface area contributed by atoms with E-state index in [4.69, 9.17) is 14.2 Å². The third-order valence-corrected chi connectivity index (χ3v) is 2.69. The van der Waals surface area contributed by atoms with Crippen LogP contribution in [0.4, 0.5) is 0 Å². The van der Waals surface area contributed by atoms with Gasteiger partial charge in [-0.05, 0) is 12.5 Å². The molecule has 1 aliphatic carbocycles. The first kappa shape index (κ1) is 8.78. The molecule has 0 amide bonds. The van der Waals surface area contributed by atoms with E-state index in [1.54, 1.807) is 14.2 Å². The average Bonchev–Trinajstić information content (AvgIpc) is 2.60. The van der Waals surface area contributed by atoms with E-state index in [-0.39, 0.29) is 5.92 Å². The Morgan fingerprint density at radius 3 is 3.08 bits per heavy atom. The van der Waals surface area contributed by atoms with Crippen LogP contribution in [0.3, 0.4) is 0 Å². The van der Waals surface area contributed by atoms with Crippen molar-refractivity contribution in [1.82, 2.24) is 0 Å². The Labute approximate surface area is 78.0 Å². The summed E-state index contributed by atoms with van der Waals surface area (Å²) in [6.45, 7) is 0.726. The summed E-state index contributed by atoms with van der Waals surface area (Å²) in [4.78, 5) is 0. The molecule has 1 aliphatic heterocycles. The lowest BCUT2D eigenvalue weighted by molar-refractivity contribution is -0.202. The largest absolute Gasteiger partial charge is 0.495 e. The summed E-state index contributed by atoms with van der Waals surface area (Å²) in [5.74, 6) is 0.404. The number of fused-ring (bicyclic) bond motifs is 1. The van der Waals surface area contributed by atoms with E-state index in [1.165, 1.54) is 0 Å². The highest BCUT2D eigenvalue weighted by atomic mass is 16.7. The van der Waals surface area contributed by atoms with Crippen molar-refractivity contribution in [3.05, 3.63) is 24.0 Å². The summed E-state index contributed by atoms with van der Waals surface area (Å²) in [6, 6.07) is 0. The van der Waals surface area contributed by atoms with Crippen molar-refractivity contribution in [3.63, 3.8) is 0 Å². The van der Waals surface area contributed by atoms with Gasteiger partial charge in [0.05, 0.1) is 13.7 Å². The summed E-state index contributed by atoms with van der Waals surface area (Å²) in [7, 11) is 3.30. The van der Waals surface area contributed by atoms with Gasteiger partial charge in [0.15, 0.2) is 5.76 Å². The fourth-order valence-corrected chi connectivity index (χ4v) is 2.03. The number of rotatable bonds is 2. The number of hydrogen-bond acceptors (Lipinski definition) is 3. The summed E-state index contributed by atoms with van der Waals surface area (Å²) in [6.07, 6.45) is 6.99. The van der Waals surface area contributed by atoms with Crippen LogP contribution in [0.25, 0.3) is 0 Å². The van der Waals surface area contributed by atoms with E-state index in [1.807, 2.05) is 12.2 Å². The van der Waals surface area contributed by atoms with E-state index >= 15 is 0 Å². The summed E-state index contributed by atoms with van der Waals surface area (Å²) in [5, 5.41) is 0. The molecule has 0 spiro atoms. The number of hydrogen-bond donors (Lipinski definition) is 0. The van der Waals surface area contributed by atoms with E-state index < -0.39 is 5.79 Å². The Kier molecular flexibility index (Phi) is 2.14. The van der Waals surface area contributed by atoms with Crippen LogP contribution in [0.5, 0.6) is 0 Å². The molecular formula is C10H14O3. The van der Waals surface area contributed by atoms with Crippen LogP contribution in [0, 0.1) is 5.92 Å². The minimum Gasteiger partial charge on any atom is -0.495 e. The van der Waals surface area contributed by atoms with Gasteiger partial charge in [-0.1, -0.05) is 12.2 Å². The average molecular weight is 182 g/mol. The molecular weight excluding hydrogens is 168 g/mol. The zero-order valence-corrected chi connectivity index (χ0v) is 7.95. The molecule has 0 aromatic rings. The molecule has 1 heterocycles. The molecule has 2 rings (SSSR count). The Morgan fingerprint density at radius 1 is 1.54 bits per heavy atom. The summed E-state index contributed by atoms with van der Waals surface area (Å²) < 4.78 is 16.3. The molecule has 72 valence electrons. The molecule has 2 unspecified atom stereocenters. The molecule has 2 aliphatic rings. The van der Waals surface area contributed by atoms with Gasteiger partial charge in [0.1, 0.15) is 0 Å². The lowest BCUT2D eigenvalue weighted by Crippen LogP contribution is -2.40. The molecule has 0 radical (unpaired) electrons. The van der Waals surface area contributed by atoms with E-state index in [0.717, 1.165) is 18.8 Å². The van der Waals surface area contributed by atoms with Gasteiger partial charge >= 0.3 is 0 Å². The van der Waals surface area contributed by atoms with Crippen molar-refractivity contribution < 1.29 is 14.2 Å². The van der Waals surface area contributed by atoms with Gasteiger partial charge in [-0.25, -0.2) is 0 Å². The predicted octanol–water partition coefficient (Wildman–Crippen LogP) is 1.47. The SMILES string of the molecule is COC1=CC=CC2CCOC12OC. The molecule has 0 bridgehead atoms. The maximum Gasteiger partial charge on any atom is 0.234 e. The van der Waals surface area contributed by atoms with Crippen LogP contribution in [-0.2, 0) is 14.2 Å². The smallest absolute Gasteiger partial charge is 0.234 e. The maximum absolute atomic E-state index is 5.63. The zero-order chi connectivity index (χ0) is 9.31. The van der Waals surface area contributed by atoms with Crippen molar-refractivity contribution in [3.8, 4) is 0 Å². The predicted molar refractivity (Wildman–Crippen MR) is 48.0 cm³/mol. The minimum atomic E-state index is -0.649. The second kappa shape index (κ2) is 3.16. The second-order valence-corrected chi connectivity index (χ2v) is 3.24. The van der Waals surface area contributed by atoms with Gasteiger partial charge in [0, 0.05) is 13.0 Å². The Hall–Kier alpha value is -0.800. The fraction of sp³-hybridized carbons (Fsp3) is 0.600. The lowest BCUT2D eigenvalue weighted by Gasteiger charge is -2.34. The van der Waals surface area contributed by atoms with Crippen LogP contribution >= 0.6 is 0 Å². The van der Waals surface area contributed by atoms with Crippen molar-refractivity contribution in [2.45, 2.75) is 12.2 Å². The second-order valence-electron chi connectivity index (χ2n) is 3.24. The first-order valence-electron chi connectivity index (χ1n) is 4.45. The van der Waals surface area contributed by atoms with Crippen LogP contribution in [0.15, 0.2) is 24.0 Å². The molecule has 1 saturated heterocycles. The Bertz CT molecular complexity index is 257. The molecule has 3 heteroatoms. The quantitative estimate of drug-likeness (QED) is 0.647. The first-order valence-corrected chi connectivity index (χ1v) is 4.45. The van der Waals surface area contributed by atoms with Gasteiger partial charge in [0.25, 0.3) is 0 Å². The standard InChI is InChI=1S/C10H14O3/c1-11-9-5-3-4-8-6-7-13-10(8,9)12-2/h3-5,8H,6-7H2,1-2H3. The van der Waals surface area contributed by atoms with Crippen LogP contribution < -0.4 is 0 Å². The third-order valence-electron chi connectivity index (χ3n) is 2.69. The van der Waals surface area contributed by atoms with E-state index in [9.17, 15) is 0 Å². The van der Waals surface area contributed by atoms with Gasteiger partial charge in [-0.15, -0.1) is 0 Å². The third kappa shape index (κ3) is 1.11. The van der Waals surface area contributed by atoms with Gasteiger partial charge in [-0.2, -0.15) is 0 Å². The molecule has 0 aromatic heterocycles. The lowest BCUT2D eigenvalue weighted by atomic mass is 9.92. The molecule has 3 nitrogen and oxygen atoms in total. The van der Waals surface area contributed by atoms with Crippen LogP contribution in [0.2, 0.25) is 0 Å². The molecule has 13 heavy (non-hydrogen) atoms.